The van der Waals surface area contributed by atoms with Gasteiger partial charge in [0, 0.05) is 12.0 Å². The number of nitrogens with two attached hydrogens (primary N) is 1. The van der Waals surface area contributed by atoms with Gasteiger partial charge in [-0.05, 0) is 48.4 Å². The van der Waals surface area contributed by atoms with Gasteiger partial charge < -0.3 is 5.73 Å². The molecule has 2 aromatic carbocycles. The lowest BCUT2D eigenvalue weighted by atomic mass is 10.0. The standard InChI is InChI=1S/C27H35N3/c1-3-5-7-9-21-11-13-23(14-12-21)19-25-20-26(30-27(28)29-25)24-17-15-22(16-18-24)10-8-6-4-2/h11-18,20H,3-10,19H2,1-2H3,(H2,28,29,30). The van der Waals surface area contributed by atoms with Crippen molar-refractivity contribution >= 4 is 5.95 Å². The van der Waals surface area contributed by atoms with E-state index in [0.29, 0.717) is 5.95 Å². The average molecular weight is 402 g/mol. The number of nitrogen functional groups attached to an aromatic ring is 1. The molecule has 0 saturated carbocycles. The van der Waals surface area contributed by atoms with Gasteiger partial charge in [-0.15, -0.1) is 0 Å². The summed E-state index contributed by atoms with van der Waals surface area (Å²) in [6.45, 7) is 4.48. The van der Waals surface area contributed by atoms with Crippen LogP contribution in [0.2, 0.25) is 0 Å². The molecule has 3 nitrogen and oxygen atoms in total. The van der Waals surface area contributed by atoms with E-state index < -0.39 is 0 Å². The summed E-state index contributed by atoms with van der Waals surface area (Å²) < 4.78 is 0. The molecule has 1 heterocycles. The Balaban J connectivity index is 1.67. The Morgan fingerprint density at radius 2 is 1.20 bits per heavy atom. The van der Waals surface area contributed by atoms with Gasteiger partial charge in [-0.3, -0.25) is 0 Å². The highest BCUT2D eigenvalue weighted by molar-refractivity contribution is 5.61. The molecule has 3 rings (SSSR count). The molecule has 0 bridgehead atoms. The number of nitrogens with zero attached hydrogens (tertiary/aromatic N) is 2. The maximum atomic E-state index is 6.03. The Hall–Kier alpha value is -2.68. The van der Waals surface area contributed by atoms with Gasteiger partial charge in [0.15, 0.2) is 0 Å². The van der Waals surface area contributed by atoms with Crippen molar-refractivity contribution in [1.29, 1.82) is 0 Å². The van der Waals surface area contributed by atoms with Gasteiger partial charge in [-0.2, -0.15) is 0 Å². The third-order valence-corrected chi connectivity index (χ3v) is 5.59. The molecule has 2 N–H and O–H groups in total. The van der Waals surface area contributed by atoms with Gasteiger partial charge in [-0.25, -0.2) is 9.97 Å². The second kappa shape index (κ2) is 11.5. The van der Waals surface area contributed by atoms with E-state index in [9.17, 15) is 0 Å². The fraction of sp³-hybridized carbons (Fsp3) is 0.407. The summed E-state index contributed by atoms with van der Waals surface area (Å²) in [5, 5.41) is 0. The van der Waals surface area contributed by atoms with Crippen molar-refractivity contribution in [3.8, 4) is 11.3 Å². The predicted molar refractivity (Wildman–Crippen MR) is 128 cm³/mol. The van der Waals surface area contributed by atoms with E-state index in [1.807, 2.05) is 0 Å². The minimum absolute atomic E-state index is 0.339. The Kier molecular flexibility index (Phi) is 8.43. The summed E-state index contributed by atoms with van der Waals surface area (Å²) in [5.41, 5.74) is 13.0. The number of anilines is 1. The molecule has 3 heteroatoms. The second-order valence-electron chi connectivity index (χ2n) is 8.21. The summed E-state index contributed by atoms with van der Waals surface area (Å²) in [6, 6.07) is 19.7. The number of unbranched alkanes of at least 4 members (excludes halogenated alkanes) is 4. The zero-order valence-electron chi connectivity index (χ0n) is 18.5. The van der Waals surface area contributed by atoms with E-state index in [0.717, 1.165) is 36.2 Å². The quantitative estimate of drug-likeness (QED) is 0.360. The van der Waals surface area contributed by atoms with Gasteiger partial charge in [0.05, 0.1) is 11.4 Å². The van der Waals surface area contributed by atoms with Crippen LogP contribution in [0.4, 0.5) is 5.95 Å². The van der Waals surface area contributed by atoms with Crippen molar-refractivity contribution in [3.05, 3.63) is 77.0 Å². The molecule has 0 radical (unpaired) electrons. The van der Waals surface area contributed by atoms with Crippen molar-refractivity contribution in [2.75, 3.05) is 5.73 Å². The topological polar surface area (TPSA) is 51.8 Å². The van der Waals surface area contributed by atoms with Crippen molar-refractivity contribution in [3.63, 3.8) is 0 Å². The number of aryl methyl sites for hydroxylation is 2. The molecule has 0 amide bonds. The van der Waals surface area contributed by atoms with E-state index >= 15 is 0 Å². The molecular weight excluding hydrogens is 366 g/mol. The highest BCUT2D eigenvalue weighted by atomic mass is 15.0. The molecule has 0 spiro atoms. The van der Waals surface area contributed by atoms with Crippen LogP contribution in [0.5, 0.6) is 0 Å². The fourth-order valence-electron chi connectivity index (χ4n) is 3.79. The maximum Gasteiger partial charge on any atom is 0.220 e. The lowest BCUT2D eigenvalue weighted by Gasteiger charge is -2.08. The fourth-order valence-corrected chi connectivity index (χ4v) is 3.79. The lowest BCUT2D eigenvalue weighted by Crippen LogP contribution is -2.02. The van der Waals surface area contributed by atoms with Crippen LogP contribution < -0.4 is 5.73 Å². The molecule has 30 heavy (non-hydrogen) atoms. The molecule has 1 aromatic heterocycles. The number of hydrogen-bond acceptors (Lipinski definition) is 3. The van der Waals surface area contributed by atoms with Crippen LogP contribution in [0, 0.1) is 0 Å². The summed E-state index contributed by atoms with van der Waals surface area (Å²) in [4.78, 5) is 8.95. The largest absolute Gasteiger partial charge is 0.368 e. The van der Waals surface area contributed by atoms with Gasteiger partial charge in [0.2, 0.25) is 5.95 Å². The van der Waals surface area contributed by atoms with Gasteiger partial charge >= 0.3 is 0 Å². The molecule has 0 atom stereocenters. The average Bonchev–Trinajstić information content (AvgIpc) is 2.75. The smallest absolute Gasteiger partial charge is 0.220 e. The molecule has 0 fully saturated rings. The summed E-state index contributed by atoms with van der Waals surface area (Å²) in [6.07, 6.45) is 10.7. The molecule has 0 aliphatic heterocycles. The summed E-state index contributed by atoms with van der Waals surface area (Å²) >= 11 is 0. The van der Waals surface area contributed by atoms with E-state index in [1.165, 1.54) is 55.2 Å². The maximum absolute atomic E-state index is 6.03. The predicted octanol–water partition coefficient (Wildman–Crippen LogP) is 6.78. The van der Waals surface area contributed by atoms with Gasteiger partial charge in [0.25, 0.3) is 0 Å². The highest BCUT2D eigenvalue weighted by Gasteiger charge is 2.07. The van der Waals surface area contributed by atoms with Crippen LogP contribution in [-0.2, 0) is 19.3 Å². The van der Waals surface area contributed by atoms with Gasteiger partial charge in [-0.1, -0.05) is 88.1 Å². The zero-order valence-corrected chi connectivity index (χ0v) is 18.5. The third-order valence-electron chi connectivity index (χ3n) is 5.59. The van der Waals surface area contributed by atoms with Crippen molar-refractivity contribution in [2.24, 2.45) is 0 Å². The molecule has 0 unspecified atom stereocenters. The van der Waals surface area contributed by atoms with E-state index in [4.69, 9.17) is 5.73 Å². The first-order valence-corrected chi connectivity index (χ1v) is 11.5. The summed E-state index contributed by atoms with van der Waals surface area (Å²) in [5.74, 6) is 0.339. The van der Waals surface area contributed by atoms with E-state index in [-0.39, 0.29) is 0 Å². The normalized spacial score (nSPS) is 11.0. The first-order valence-electron chi connectivity index (χ1n) is 11.5. The Morgan fingerprint density at radius 3 is 1.77 bits per heavy atom. The Labute approximate surface area is 181 Å². The molecule has 0 aliphatic rings. The highest BCUT2D eigenvalue weighted by Crippen LogP contribution is 2.21. The van der Waals surface area contributed by atoms with Crippen LogP contribution in [0.3, 0.4) is 0 Å². The van der Waals surface area contributed by atoms with Crippen molar-refractivity contribution < 1.29 is 0 Å². The zero-order chi connectivity index (χ0) is 21.2. The molecular formula is C27H35N3. The molecule has 3 aromatic rings. The SMILES string of the molecule is CCCCCc1ccc(Cc2cc(-c3ccc(CCCCC)cc3)nc(N)n2)cc1. The number of aromatic nitrogens is 2. The van der Waals surface area contributed by atoms with E-state index in [1.54, 1.807) is 0 Å². The molecule has 0 aliphatic carbocycles. The van der Waals surface area contributed by atoms with Gasteiger partial charge in [0.1, 0.15) is 0 Å². The Morgan fingerprint density at radius 1 is 0.667 bits per heavy atom. The van der Waals surface area contributed by atoms with Crippen LogP contribution in [-0.4, -0.2) is 9.97 Å². The van der Waals surface area contributed by atoms with Crippen molar-refractivity contribution in [2.45, 2.75) is 71.6 Å². The second-order valence-corrected chi connectivity index (χ2v) is 8.21. The minimum Gasteiger partial charge on any atom is -0.368 e. The summed E-state index contributed by atoms with van der Waals surface area (Å²) in [7, 11) is 0. The number of benzene rings is 2. The lowest BCUT2D eigenvalue weighted by molar-refractivity contribution is 0.717. The van der Waals surface area contributed by atoms with Crippen molar-refractivity contribution in [1.82, 2.24) is 9.97 Å². The van der Waals surface area contributed by atoms with Crippen LogP contribution in [0.1, 0.15) is 74.8 Å². The molecule has 158 valence electrons. The molecule has 0 saturated heterocycles. The van der Waals surface area contributed by atoms with Crippen LogP contribution in [0.15, 0.2) is 54.6 Å². The third kappa shape index (κ3) is 6.69. The monoisotopic (exact) mass is 401 g/mol. The van der Waals surface area contributed by atoms with Crippen LogP contribution >= 0.6 is 0 Å². The number of rotatable bonds is 11. The minimum atomic E-state index is 0.339. The Bertz CT molecular complexity index is 898. The van der Waals surface area contributed by atoms with Crippen LogP contribution in [0.25, 0.3) is 11.3 Å². The van der Waals surface area contributed by atoms with E-state index in [2.05, 4.69) is 78.4 Å². The number of hydrogen-bond donors (Lipinski definition) is 1. The first-order chi connectivity index (χ1) is 14.7. The first kappa shape index (κ1) is 22.0.